The largest absolute Gasteiger partial charge is 0.468 e. The van der Waals surface area contributed by atoms with Crippen LogP contribution in [0.4, 0.5) is 0 Å². The van der Waals surface area contributed by atoms with Gasteiger partial charge in [0.25, 0.3) is 0 Å². The van der Waals surface area contributed by atoms with E-state index in [0.29, 0.717) is 32.8 Å². The van der Waals surface area contributed by atoms with Crippen molar-refractivity contribution in [2.24, 2.45) is 5.73 Å². The summed E-state index contributed by atoms with van der Waals surface area (Å²) >= 11 is 0. The van der Waals surface area contributed by atoms with E-state index >= 15 is 0 Å². The predicted octanol–water partition coefficient (Wildman–Crippen LogP) is 1.03. The second-order valence-electron chi connectivity index (χ2n) is 5.39. The van der Waals surface area contributed by atoms with Crippen LogP contribution < -0.4 is 5.73 Å². The Bertz CT molecular complexity index is 275. The van der Waals surface area contributed by atoms with Gasteiger partial charge in [-0.25, -0.2) is 0 Å². The summed E-state index contributed by atoms with van der Waals surface area (Å²) in [5.74, 6) is -0.385. The van der Waals surface area contributed by atoms with E-state index < -0.39 is 5.54 Å². The van der Waals surface area contributed by atoms with Gasteiger partial charge in [-0.05, 0) is 34.1 Å². The highest BCUT2D eigenvalue weighted by Crippen LogP contribution is 2.15. The zero-order valence-corrected chi connectivity index (χ0v) is 14.2. The van der Waals surface area contributed by atoms with Crippen molar-refractivity contribution in [1.29, 1.82) is 0 Å². The van der Waals surface area contributed by atoms with Crippen LogP contribution in [0.25, 0.3) is 0 Å². The molecule has 0 aliphatic heterocycles. The fraction of sp³-hybridized carbons (Fsp3) is 0.933. The summed E-state index contributed by atoms with van der Waals surface area (Å²) in [5, 5.41) is 0. The number of rotatable bonds is 12. The van der Waals surface area contributed by atoms with Crippen molar-refractivity contribution >= 4 is 5.97 Å². The number of carbonyl (C=O) groups is 1. The van der Waals surface area contributed by atoms with Gasteiger partial charge in [0.2, 0.25) is 0 Å². The summed E-state index contributed by atoms with van der Waals surface area (Å²) in [6.45, 7) is 12.0. The highest BCUT2D eigenvalue weighted by atomic mass is 16.5. The minimum atomic E-state index is -0.982. The van der Waals surface area contributed by atoms with Crippen molar-refractivity contribution in [3.05, 3.63) is 0 Å². The molecule has 0 fully saturated rings. The van der Waals surface area contributed by atoms with E-state index in [9.17, 15) is 4.79 Å². The van der Waals surface area contributed by atoms with Gasteiger partial charge in [-0.15, -0.1) is 0 Å². The van der Waals surface area contributed by atoms with Crippen LogP contribution in [0.3, 0.4) is 0 Å². The van der Waals surface area contributed by atoms with Gasteiger partial charge in [0, 0.05) is 32.3 Å². The average Bonchev–Trinajstić information content (AvgIpc) is 2.44. The number of hydrogen-bond donors (Lipinski definition) is 1. The summed E-state index contributed by atoms with van der Waals surface area (Å²) in [4.78, 5) is 13.9. The topological polar surface area (TPSA) is 74.0 Å². The van der Waals surface area contributed by atoms with Crippen molar-refractivity contribution in [3.8, 4) is 0 Å². The fourth-order valence-corrected chi connectivity index (χ4v) is 2.26. The third-order valence-electron chi connectivity index (χ3n) is 3.45. The van der Waals surface area contributed by atoms with Gasteiger partial charge in [0.1, 0.15) is 5.54 Å². The van der Waals surface area contributed by atoms with E-state index in [-0.39, 0.29) is 12.0 Å². The molecule has 6 heteroatoms. The Labute approximate surface area is 128 Å². The first-order valence-electron chi connectivity index (χ1n) is 7.65. The SMILES string of the molecule is CCOCCN(CCOCC)C(C)CC(C)(N)C(=O)OC. The Balaban J connectivity index is 4.52. The van der Waals surface area contributed by atoms with E-state index in [2.05, 4.69) is 11.8 Å². The first-order chi connectivity index (χ1) is 9.88. The number of carbonyl (C=O) groups excluding carboxylic acids is 1. The van der Waals surface area contributed by atoms with E-state index in [1.54, 1.807) is 6.92 Å². The molecule has 6 nitrogen and oxygen atoms in total. The van der Waals surface area contributed by atoms with E-state index in [1.807, 2.05) is 13.8 Å². The summed E-state index contributed by atoms with van der Waals surface area (Å²) in [6.07, 6.45) is 0.526. The zero-order chi connectivity index (χ0) is 16.3. The number of ether oxygens (including phenoxy) is 3. The predicted molar refractivity (Wildman–Crippen MR) is 83.2 cm³/mol. The van der Waals surface area contributed by atoms with Crippen LogP contribution in [0, 0.1) is 0 Å². The summed E-state index contributed by atoms with van der Waals surface area (Å²) in [6, 6.07) is 0.139. The minimum Gasteiger partial charge on any atom is -0.468 e. The Morgan fingerprint density at radius 3 is 2.05 bits per heavy atom. The van der Waals surface area contributed by atoms with Gasteiger partial charge in [-0.2, -0.15) is 0 Å². The molecular formula is C15H32N2O4. The normalized spacial score (nSPS) is 15.8. The molecule has 0 amide bonds. The lowest BCUT2D eigenvalue weighted by Gasteiger charge is -2.33. The van der Waals surface area contributed by atoms with Crippen molar-refractivity contribution < 1.29 is 19.0 Å². The van der Waals surface area contributed by atoms with Crippen LogP contribution in [-0.2, 0) is 19.0 Å². The molecule has 0 bridgehead atoms. The molecular weight excluding hydrogens is 272 g/mol. The highest BCUT2D eigenvalue weighted by Gasteiger charge is 2.33. The van der Waals surface area contributed by atoms with Crippen LogP contribution in [0.1, 0.15) is 34.1 Å². The maximum atomic E-state index is 11.7. The lowest BCUT2D eigenvalue weighted by Crippen LogP contribution is -2.51. The van der Waals surface area contributed by atoms with E-state index in [1.165, 1.54) is 7.11 Å². The van der Waals surface area contributed by atoms with Gasteiger partial charge in [0.15, 0.2) is 0 Å². The summed E-state index contributed by atoms with van der Waals surface area (Å²) < 4.78 is 15.6. The molecule has 126 valence electrons. The van der Waals surface area contributed by atoms with Crippen molar-refractivity contribution in [3.63, 3.8) is 0 Å². The molecule has 2 N–H and O–H groups in total. The minimum absolute atomic E-state index is 0.139. The lowest BCUT2D eigenvalue weighted by atomic mass is 9.94. The molecule has 0 spiro atoms. The van der Waals surface area contributed by atoms with Crippen molar-refractivity contribution in [2.45, 2.75) is 45.7 Å². The standard InChI is InChI=1S/C15H32N2O4/c1-6-20-10-8-17(9-11-21-7-2)13(3)12-15(4,16)14(18)19-5/h13H,6-12,16H2,1-5H3. The Kier molecular flexibility index (Phi) is 10.6. The maximum absolute atomic E-state index is 11.7. The molecule has 0 rings (SSSR count). The van der Waals surface area contributed by atoms with Crippen LogP contribution in [0.5, 0.6) is 0 Å². The van der Waals surface area contributed by atoms with Crippen molar-refractivity contribution in [1.82, 2.24) is 4.90 Å². The zero-order valence-electron chi connectivity index (χ0n) is 14.2. The fourth-order valence-electron chi connectivity index (χ4n) is 2.26. The third kappa shape index (κ3) is 8.36. The molecule has 21 heavy (non-hydrogen) atoms. The summed E-state index contributed by atoms with van der Waals surface area (Å²) in [7, 11) is 1.36. The average molecular weight is 304 g/mol. The lowest BCUT2D eigenvalue weighted by molar-refractivity contribution is -0.147. The van der Waals surface area contributed by atoms with Crippen LogP contribution >= 0.6 is 0 Å². The number of hydrogen-bond acceptors (Lipinski definition) is 6. The van der Waals surface area contributed by atoms with Crippen LogP contribution in [0.15, 0.2) is 0 Å². The number of nitrogens with two attached hydrogens (primary N) is 1. The smallest absolute Gasteiger partial charge is 0.325 e. The molecule has 2 unspecified atom stereocenters. The van der Waals surface area contributed by atoms with Gasteiger partial charge in [-0.1, -0.05) is 0 Å². The molecule has 0 saturated heterocycles. The molecule has 0 aliphatic carbocycles. The van der Waals surface area contributed by atoms with Gasteiger partial charge < -0.3 is 19.9 Å². The van der Waals surface area contributed by atoms with E-state index in [0.717, 1.165) is 13.1 Å². The third-order valence-corrected chi connectivity index (χ3v) is 3.45. The molecule has 0 radical (unpaired) electrons. The molecule has 0 heterocycles. The van der Waals surface area contributed by atoms with Gasteiger partial charge in [0.05, 0.1) is 20.3 Å². The monoisotopic (exact) mass is 304 g/mol. The second kappa shape index (κ2) is 11.0. The number of methoxy groups -OCH3 is 1. The molecule has 0 aromatic heterocycles. The van der Waals surface area contributed by atoms with E-state index in [4.69, 9.17) is 19.9 Å². The molecule has 2 atom stereocenters. The Morgan fingerprint density at radius 2 is 1.67 bits per heavy atom. The molecule has 0 aliphatic rings. The second-order valence-corrected chi connectivity index (χ2v) is 5.39. The molecule has 0 aromatic carbocycles. The summed E-state index contributed by atoms with van der Waals surface area (Å²) in [5.41, 5.74) is 5.07. The molecule has 0 saturated carbocycles. The Hall–Kier alpha value is -0.690. The number of esters is 1. The maximum Gasteiger partial charge on any atom is 0.325 e. The van der Waals surface area contributed by atoms with Crippen LogP contribution in [-0.4, -0.2) is 69.1 Å². The first-order valence-corrected chi connectivity index (χ1v) is 7.65. The number of nitrogens with zero attached hydrogens (tertiary/aromatic N) is 1. The first kappa shape index (κ1) is 20.3. The quantitative estimate of drug-likeness (QED) is 0.429. The van der Waals surface area contributed by atoms with Gasteiger partial charge >= 0.3 is 5.97 Å². The van der Waals surface area contributed by atoms with Gasteiger partial charge in [-0.3, -0.25) is 9.69 Å². The Morgan fingerprint density at radius 1 is 1.19 bits per heavy atom. The highest BCUT2D eigenvalue weighted by molar-refractivity contribution is 5.79. The van der Waals surface area contributed by atoms with Crippen molar-refractivity contribution in [2.75, 3.05) is 46.6 Å². The molecule has 0 aromatic rings. The van der Waals surface area contributed by atoms with Crippen LogP contribution in [0.2, 0.25) is 0 Å².